The first-order valence-corrected chi connectivity index (χ1v) is 4.00. The van der Waals surface area contributed by atoms with Crippen molar-refractivity contribution in [3.05, 3.63) is 12.3 Å². The Morgan fingerprint density at radius 1 is 1.50 bits per heavy atom. The van der Waals surface area contributed by atoms with Crippen LogP contribution in [0.1, 0.15) is 34.1 Å². The molecule has 10 heavy (non-hydrogen) atoms. The smallest absolute Gasteiger partial charge is 0.0255 e. The molecule has 0 fully saturated rings. The van der Waals surface area contributed by atoms with Crippen LogP contribution in [0.2, 0.25) is 0 Å². The average Bonchev–Trinajstić information content (AvgIpc) is 1.85. The van der Waals surface area contributed by atoms with Crippen LogP contribution in [0.4, 0.5) is 0 Å². The third-order valence-corrected chi connectivity index (χ3v) is 1.97. The van der Waals surface area contributed by atoms with Crippen LogP contribution in [0.25, 0.3) is 0 Å². The molecule has 1 nitrogen and oxygen atoms in total. The first kappa shape index (κ1) is 9.54. The first-order chi connectivity index (χ1) is 4.57. The number of rotatable bonds is 4. The summed E-state index contributed by atoms with van der Waals surface area (Å²) >= 11 is 0. The Morgan fingerprint density at radius 3 is 2.30 bits per heavy atom. The molecule has 0 saturated heterocycles. The van der Waals surface area contributed by atoms with E-state index in [4.69, 9.17) is 0 Å². The van der Waals surface area contributed by atoms with Crippen LogP contribution in [-0.2, 0) is 0 Å². The molecule has 0 amide bonds. The van der Waals surface area contributed by atoms with Gasteiger partial charge in [0.2, 0.25) is 0 Å². The molecule has 0 radical (unpaired) electrons. The van der Waals surface area contributed by atoms with Gasteiger partial charge in [0.1, 0.15) is 0 Å². The van der Waals surface area contributed by atoms with Gasteiger partial charge in [0.15, 0.2) is 0 Å². The van der Waals surface area contributed by atoms with Crippen LogP contribution in [0.5, 0.6) is 0 Å². The largest absolute Gasteiger partial charge is 0.386 e. The lowest BCUT2D eigenvalue weighted by Gasteiger charge is -2.20. The zero-order valence-electron chi connectivity index (χ0n) is 7.57. The number of nitrogens with one attached hydrogen (secondary N) is 1. The lowest BCUT2D eigenvalue weighted by atomic mass is 10.0. The molecule has 0 rings (SSSR count). The Morgan fingerprint density at radius 2 is 2.00 bits per heavy atom. The average molecular weight is 141 g/mol. The van der Waals surface area contributed by atoms with Crippen molar-refractivity contribution >= 4 is 0 Å². The minimum Gasteiger partial charge on any atom is -0.386 e. The number of hydrogen-bond donors (Lipinski definition) is 1. The van der Waals surface area contributed by atoms with Gasteiger partial charge in [-0.25, -0.2) is 0 Å². The summed E-state index contributed by atoms with van der Waals surface area (Å²) in [6.07, 6.45) is 1.22. The van der Waals surface area contributed by atoms with Gasteiger partial charge >= 0.3 is 0 Å². The number of hydrogen-bond acceptors (Lipinski definition) is 1. The van der Waals surface area contributed by atoms with Gasteiger partial charge in [-0.1, -0.05) is 26.8 Å². The van der Waals surface area contributed by atoms with Crippen LogP contribution < -0.4 is 5.32 Å². The minimum atomic E-state index is 0.558. The zero-order valence-corrected chi connectivity index (χ0v) is 7.57. The third-order valence-electron chi connectivity index (χ3n) is 1.97. The predicted molar refractivity (Wildman–Crippen MR) is 46.9 cm³/mol. The number of allylic oxidation sites excluding steroid dienone is 1. The molecule has 0 aliphatic carbocycles. The Bertz CT molecular complexity index is 107. The quantitative estimate of drug-likeness (QED) is 0.634. The van der Waals surface area contributed by atoms with Gasteiger partial charge in [0.25, 0.3) is 0 Å². The summed E-state index contributed by atoms with van der Waals surface area (Å²) < 4.78 is 0. The van der Waals surface area contributed by atoms with Crippen molar-refractivity contribution in [1.29, 1.82) is 0 Å². The van der Waals surface area contributed by atoms with E-state index in [1.165, 1.54) is 6.42 Å². The van der Waals surface area contributed by atoms with E-state index in [1.54, 1.807) is 0 Å². The fourth-order valence-corrected chi connectivity index (χ4v) is 0.884. The van der Waals surface area contributed by atoms with Crippen LogP contribution in [0, 0.1) is 5.92 Å². The molecule has 2 atom stereocenters. The van der Waals surface area contributed by atoms with Crippen molar-refractivity contribution in [3.8, 4) is 0 Å². The second-order valence-corrected chi connectivity index (χ2v) is 3.10. The molecule has 0 saturated carbocycles. The van der Waals surface area contributed by atoms with Gasteiger partial charge in [0, 0.05) is 11.7 Å². The lowest BCUT2D eigenvalue weighted by molar-refractivity contribution is 0.418. The van der Waals surface area contributed by atoms with E-state index in [2.05, 4.69) is 32.7 Å². The van der Waals surface area contributed by atoms with Crippen molar-refractivity contribution in [2.24, 2.45) is 5.92 Å². The lowest BCUT2D eigenvalue weighted by Crippen LogP contribution is -2.29. The Labute approximate surface area is 64.5 Å². The summed E-state index contributed by atoms with van der Waals surface area (Å²) in [5.74, 6) is 0.733. The van der Waals surface area contributed by atoms with E-state index in [1.807, 2.05) is 6.92 Å². The third kappa shape index (κ3) is 3.54. The highest BCUT2D eigenvalue weighted by atomic mass is 14.9. The van der Waals surface area contributed by atoms with Crippen molar-refractivity contribution in [3.63, 3.8) is 0 Å². The molecular weight excluding hydrogens is 122 g/mol. The summed E-state index contributed by atoms with van der Waals surface area (Å²) in [7, 11) is 0. The second kappa shape index (κ2) is 4.37. The van der Waals surface area contributed by atoms with Crippen molar-refractivity contribution in [2.45, 2.75) is 40.2 Å². The molecule has 0 heterocycles. The van der Waals surface area contributed by atoms with Crippen molar-refractivity contribution in [2.75, 3.05) is 0 Å². The molecule has 0 bridgehead atoms. The van der Waals surface area contributed by atoms with Gasteiger partial charge in [0.05, 0.1) is 0 Å². The molecule has 1 heteroatoms. The van der Waals surface area contributed by atoms with Gasteiger partial charge in [-0.2, -0.15) is 0 Å². The SMILES string of the molecule is C=C(C)NC(C)C(C)CC. The highest BCUT2D eigenvalue weighted by Crippen LogP contribution is 2.07. The van der Waals surface area contributed by atoms with Crippen molar-refractivity contribution in [1.82, 2.24) is 5.32 Å². The molecule has 0 aromatic heterocycles. The molecule has 60 valence electrons. The standard InChI is InChI=1S/C9H19N/c1-6-8(4)9(5)10-7(2)3/h8-10H,2,6H2,1,3-5H3. The maximum atomic E-state index is 3.80. The summed E-state index contributed by atoms with van der Waals surface area (Å²) in [6.45, 7) is 12.5. The summed E-state index contributed by atoms with van der Waals surface area (Å²) in [5.41, 5.74) is 1.06. The van der Waals surface area contributed by atoms with Crippen molar-refractivity contribution < 1.29 is 0 Å². The summed E-state index contributed by atoms with van der Waals surface area (Å²) in [4.78, 5) is 0. The van der Waals surface area contributed by atoms with E-state index < -0.39 is 0 Å². The predicted octanol–water partition coefficient (Wildman–Crippen LogP) is 2.54. The fraction of sp³-hybridized carbons (Fsp3) is 0.778. The van der Waals surface area contributed by atoms with Crippen LogP contribution >= 0.6 is 0 Å². The second-order valence-electron chi connectivity index (χ2n) is 3.10. The Hall–Kier alpha value is -0.460. The minimum absolute atomic E-state index is 0.558. The van der Waals surface area contributed by atoms with Crippen LogP contribution in [0.3, 0.4) is 0 Å². The summed E-state index contributed by atoms with van der Waals surface area (Å²) in [5, 5.41) is 3.30. The highest BCUT2D eigenvalue weighted by Gasteiger charge is 2.07. The molecule has 0 aromatic rings. The molecular formula is C9H19N. The maximum Gasteiger partial charge on any atom is 0.0255 e. The molecule has 0 aliphatic rings. The Kier molecular flexibility index (Phi) is 4.17. The summed E-state index contributed by atoms with van der Waals surface area (Å²) in [6, 6.07) is 0.558. The molecule has 0 aromatic carbocycles. The molecule has 0 spiro atoms. The first-order valence-electron chi connectivity index (χ1n) is 4.00. The zero-order chi connectivity index (χ0) is 8.15. The van der Waals surface area contributed by atoms with Gasteiger partial charge in [-0.05, 0) is 19.8 Å². The molecule has 2 unspecified atom stereocenters. The normalized spacial score (nSPS) is 16.0. The fourth-order valence-electron chi connectivity index (χ4n) is 0.884. The molecule has 0 aliphatic heterocycles. The van der Waals surface area contributed by atoms with E-state index in [-0.39, 0.29) is 0 Å². The molecule has 1 N–H and O–H groups in total. The highest BCUT2D eigenvalue weighted by molar-refractivity contribution is 4.88. The van der Waals surface area contributed by atoms with Crippen LogP contribution in [-0.4, -0.2) is 6.04 Å². The van der Waals surface area contributed by atoms with E-state index in [0.717, 1.165) is 11.6 Å². The van der Waals surface area contributed by atoms with Gasteiger partial charge in [-0.15, -0.1) is 0 Å². The Balaban J connectivity index is 3.61. The van der Waals surface area contributed by atoms with E-state index in [0.29, 0.717) is 6.04 Å². The monoisotopic (exact) mass is 141 g/mol. The topological polar surface area (TPSA) is 12.0 Å². The van der Waals surface area contributed by atoms with Gasteiger partial charge < -0.3 is 5.32 Å². The van der Waals surface area contributed by atoms with E-state index in [9.17, 15) is 0 Å². The maximum absolute atomic E-state index is 3.80. The van der Waals surface area contributed by atoms with Crippen LogP contribution in [0.15, 0.2) is 12.3 Å². The van der Waals surface area contributed by atoms with Gasteiger partial charge in [-0.3, -0.25) is 0 Å². The van der Waals surface area contributed by atoms with E-state index >= 15 is 0 Å².